The minimum atomic E-state index is 0.265. The van der Waals surface area contributed by atoms with E-state index in [1.807, 2.05) is 6.20 Å². The van der Waals surface area contributed by atoms with Gasteiger partial charge < -0.3 is 5.32 Å². The molecule has 0 aromatic carbocycles. The monoisotopic (exact) mass is 378 g/mol. The van der Waals surface area contributed by atoms with Gasteiger partial charge in [-0.1, -0.05) is 26.0 Å². The van der Waals surface area contributed by atoms with E-state index in [0.717, 1.165) is 49.5 Å². The van der Waals surface area contributed by atoms with E-state index in [9.17, 15) is 4.79 Å². The zero-order valence-corrected chi connectivity index (χ0v) is 17.4. The Morgan fingerprint density at radius 3 is 2.82 bits per heavy atom. The fourth-order valence-corrected chi connectivity index (χ4v) is 7.80. The third-order valence-electron chi connectivity index (χ3n) is 9.32. The highest BCUT2D eigenvalue weighted by atomic mass is 16.1. The molecule has 6 atom stereocenters. The van der Waals surface area contributed by atoms with Gasteiger partial charge in [-0.25, -0.2) is 0 Å². The Hall–Kier alpha value is -1.64. The molecule has 4 aliphatic rings. The number of rotatable bonds is 1. The standard InChI is InChI=1S/C25H34N2O/c1-24-13-15-27-23(28)10-6-18(24)5-7-19-21-9-8-20(17-4-3-14-26-16-17)25(21,2)12-11-22(19)24/h3-4,8,14,16,18-19,21-22H,5-7,9-13,15H2,1-2H3,(H,27,28)/t18-,19-,21-,22-,24-,25+/m0/s1. The average molecular weight is 379 g/mol. The zero-order valence-electron chi connectivity index (χ0n) is 17.4. The predicted octanol–water partition coefficient (Wildman–Crippen LogP) is 5.23. The maximum Gasteiger partial charge on any atom is 0.220 e. The number of carbonyl (C=O) groups excluding carboxylic acids is 1. The Morgan fingerprint density at radius 2 is 2.00 bits per heavy atom. The maximum atomic E-state index is 11.9. The third kappa shape index (κ3) is 2.69. The van der Waals surface area contributed by atoms with Crippen molar-refractivity contribution in [1.29, 1.82) is 0 Å². The van der Waals surface area contributed by atoms with Gasteiger partial charge in [0, 0.05) is 25.4 Å². The molecule has 1 aromatic rings. The smallest absolute Gasteiger partial charge is 0.220 e. The molecule has 3 aliphatic carbocycles. The van der Waals surface area contributed by atoms with Crippen molar-refractivity contribution >= 4 is 11.5 Å². The second-order valence-corrected chi connectivity index (χ2v) is 10.3. The van der Waals surface area contributed by atoms with Crippen molar-refractivity contribution in [1.82, 2.24) is 10.3 Å². The number of fused-ring (bicyclic) bond motifs is 5. The fraction of sp³-hybridized carbons (Fsp3) is 0.680. The van der Waals surface area contributed by atoms with Gasteiger partial charge in [-0.05, 0) is 96.7 Å². The summed E-state index contributed by atoms with van der Waals surface area (Å²) in [6.07, 6.45) is 16.0. The lowest BCUT2D eigenvalue weighted by atomic mass is 9.46. The molecular formula is C25H34N2O. The molecule has 28 heavy (non-hydrogen) atoms. The number of pyridine rings is 1. The van der Waals surface area contributed by atoms with Crippen LogP contribution in [0.4, 0.5) is 0 Å². The van der Waals surface area contributed by atoms with Crippen molar-refractivity contribution in [3.05, 3.63) is 36.2 Å². The summed E-state index contributed by atoms with van der Waals surface area (Å²) in [5.74, 6) is 3.43. The molecule has 1 aliphatic heterocycles. The third-order valence-corrected chi connectivity index (χ3v) is 9.32. The van der Waals surface area contributed by atoms with Crippen molar-refractivity contribution in [2.24, 2.45) is 34.5 Å². The van der Waals surface area contributed by atoms with E-state index in [1.165, 1.54) is 37.7 Å². The molecule has 1 N–H and O–H groups in total. The van der Waals surface area contributed by atoms with Crippen LogP contribution in [0.1, 0.15) is 70.8 Å². The summed E-state index contributed by atoms with van der Waals surface area (Å²) < 4.78 is 0. The summed E-state index contributed by atoms with van der Waals surface area (Å²) in [6, 6.07) is 4.32. The first kappa shape index (κ1) is 18.4. The lowest BCUT2D eigenvalue weighted by molar-refractivity contribution is -0.125. The van der Waals surface area contributed by atoms with Crippen molar-refractivity contribution in [3.63, 3.8) is 0 Å². The first-order valence-electron chi connectivity index (χ1n) is 11.4. The topological polar surface area (TPSA) is 42.0 Å². The van der Waals surface area contributed by atoms with E-state index in [0.29, 0.717) is 10.8 Å². The molecule has 0 unspecified atom stereocenters. The van der Waals surface area contributed by atoms with Crippen LogP contribution in [0.5, 0.6) is 0 Å². The van der Waals surface area contributed by atoms with Crippen LogP contribution >= 0.6 is 0 Å². The fourth-order valence-electron chi connectivity index (χ4n) is 7.80. The molecule has 2 heterocycles. The summed E-state index contributed by atoms with van der Waals surface area (Å²) in [4.78, 5) is 16.3. The molecule has 1 amide bonds. The normalized spacial score (nSPS) is 42.9. The van der Waals surface area contributed by atoms with Crippen molar-refractivity contribution < 1.29 is 4.79 Å². The molecule has 3 fully saturated rings. The molecular weight excluding hydrogens is 344 g/mol. The van der Waals surface area contributed by atoms with Crippen molar-refractivity contribution in [2.45, 2.75) is 65.2 Å². The van der Waals surface area contributed by atoms with Crippen LogP contribution in [0.2, 0.25) is 0 Å². The number of allylic oxidation sites excluding steroid dienone is 2. The van der Waals surface area contributed by atoms with Gasteiger partial charge in [-0.15, -0.1) is 0 Å². The Bertz CT molecular complexity index is 787. The number of hydrogen-bond acceptors (Lipinski definition) is 2. The summed E-state index contributed by atoms with van der Waals surface area (Å²) in [5, 5.41) is 3.16. The van der Waals surface area contributed by atoms with Gasteiger partial charge in [-0.3, -0.25) is 9.78 Å². The van der Waals surface area contributed by atoms with Gasteiger partial charge in [0.05, 0.1) is 0 Å². The number of nitrogens with one attached hydrogen (secondary N) is 1. The molecule has 3 heteroatoms. The summed E-state index contributed by atoms with van der Waals surface area (Å²) in [6.45, 7) is 5.97. The quantitative estimate of drug-likeness (QED) is 0.727. The SMILES string of the molecule is C[C@]12CCNC(=O)CC[C@@H]1CC[C@@H]1[C@@H]2CC[C@]2(C)C(c3cccnc3)=CC[C@@H]12. The highest BCUT2D eigenvalue weighted by Crippen LogP contribution is 2.66. The van der Waals surface area contributed by atoms with E-state index in [-0.39, 0.29) is 5.91 Å². The zero-order chi connectivity index (χ0) is 19.4. The molecule has 1 saturated heterocycles. The van der Waals surface area contributed by atoms with E-state index in [2.05, 4.69) is 48.6 Å². The average Bonchev–Trinajstić information content (AvgIpc) is 3.04. The number of carbonyl (C=O) groups is 1. The molecule has 0 radical (unpaired) electrons. The summed E-state index contributed by atoms with van der Waals surface area (Å²) in [7, 11) is 0. The largest absolute Gasteiger partial charge is 0.356 e. The second kappa shape index (κ2) is 6.71. The van der Waals surface area contributed by atoms with Gasteiger partial charge in [-0.2, -0.15) is 0 Å². The number of hydrogen-bond donors (Lipinski definition) is 1. The Balaban J connectivity index is 1.42. The van der Waals surface area contributed by atoms with E-state index in [4.69, 9.17) is 0 Å². The van der Waals surface area contributed by atoms with Crippen LogP contribution < -0.4 is 5.32 Å². The molecule has 1 aromatic heterocycles. The van der Waals surface area contributed by atoms with Crippen LogP contribution in [-0.2, 0) is 4.79 Å². The molecule has 5 rings (SSSR count). The highest BCUT2D eigenvalue weighted by Gasteiger charge is 2.57. The van der Waals surface area contributed by atoms with Gasteiger partial charge >= 0.3 is 0 Å². The second-order valence-electron chi connectivity index (χ2n) is 10.3. The van der Waals surface area contributed by atoms with Gasteiger partial charge in [0.1, 0.15) is 0 Å². The summed E-state index contributed by atoms with van der Waals surface area (Å²) in [5.41, 5.74) is 3.60. The first-order chi connectivity index (χ1) is 13.5. The van der Waals surface area contributed by atoms with Crippen LogP contribution in [0.25, 0.3) is 5.57 Å². The Kier molecular flexibility index (Phi) is 4.41. The number of aromatic nitrogens is 1. The van der Waals surface area contributed by atoms with Crippen molar-refractivity contribution in [3.8, 4) is 0 Å². The minimum Gasteiger partial charge on any atom is -0.356 e. The Morgan fingerprint density at radius 1 is 1.11 bits per heavy atom. The van der Waals surface area contributed by atoms with Gasteiger partial charge in [0.2, 0.25) is 5.91 Å². The number of nitrogens with zero attached hydrogens (tertiary/aromatic N) is 1. The van der Waals surface area contributed by atoms with E-state index < -0.39 is 0 Å². The minimum absolute atomic E-state index is 0.265. The van der Waals surface area contributed by atoms with E-state index in [1.54, 1.807) is 5.57 Å². The van der Waals surface area contributed by atoms with Crippen LogP contribution in [-0.4, -0.2) is 17.4 Å². The maximum absolute atomic E-state index is 11.9. The molecule has 0 bridgehead atoms. The van der Waals surface area contributed by atoms with Crippen LogP contribution in [0, 0.1) is 34.5 Å². The highest BCUT2D eigenvalue weighted by molar-refractivity contribution is 5.76. The molecule has 3 nitrogen and oxygen atoms in total. The lowest BCUT2D eigenvalue weighted by Gasteiger charge is -2.59. The van der Waals surface area contributed by atoms with Gasteiger partial charge in [0.15, 0.2) is 0 Å². The van der Waals surface area contributed by atoms with E-state index >= 15 is 0 Å². The number of amides is 1. The van der Waals surface area contributed by atoms with Crippen LogP contribution in [0.15, 0.2) is 30.6 Å². The predicted molar refractivity (Wildman–Crippen MR) is 112 cm³/mol. The molecule has 150 valence electrons. The van der Waals surface area contributed by atoms with Crippen LogP contribution in [0.3, 0.4) is 0 Å². The summed E-state index contributed by atoms with van der Waals surface area (Å²) >= 11 is 0. The first-order valence-corrected chi connectivity index (χ1v) is 11.4. The lowest BCUT2D eigenvalue weighted by Crippen LogP contribution is -2.53. The molecule has 0 spiro atoms. The van der Waals surface area contributed by atoms with Crippen molar-refractivity contribution in [2.75, 3.05) is 6.54 Å². The molecule has 2 saturated carbocycles. The van der Waals surface area contributed by atoms with Gasteiger partial charge in [0.25, 0.3) is 0 Å². The Labute approximate surface area is 169 Å².